The number of nitrogens with one attached hydrogen (secondary N) is 1. The van der Waals surface area contributed by atoms with Crippen LogP contribution in [0.15, 0.2) is 30.5 Å². The van der Waals surface area contributed by atoms with Crippen LogP contribution in [0.5, 0.6) is 0 Å². The van der Waals surface area contributed by atoms with Crippen molar-refractivity contribution in [2.75, 3.05) is 6.54 Å². The van der Waals surface area contributed by atoms with Crippen LogP contribution in [0, 0.1) is 12.8 Å². The van der Waals surface area contributed by atoms with Crippen LogP contribution in [-0.2, 0) is 11.3 Å². The normalized spacial score (nSPS) is 14.4. The molecule has 1 aromatic heterocycles. The zero-order valence-corrected chi connectivity index (χ0v) is 13.2. The highest BCUT2D eigenvalue weighted by Crippen LogP contribution is 2.20. The second kappa shape index (κ2) is 5.90. The van der Waals surface area contributed by atoms with Gasteiger partial charge in [-0.2, -0.15) is 0 Å². The molecule has 0 aliphatic rings. The van der Waals surface area contributed by atoms with Crippen molar-refractivity contribution in [2.24, 2.45) is 5.92 Å². The van der Waals surface area contributed by atoms with Crippen LogP contribution >= 0.6 is 0 Å². The monoisotopic (exact) mass is 288 g/mol. The predicted octanol–water partition coefficient (Wildman–Crippen LogP) is 2.47. The summed E-state index contributed by atoms with van der Waals surface area (Å²) >= 11 is 0. The Kier molecular flexibility index (Phi) is 4.37. The number of nitrogens with zero attached hydrogens (tertiary/aromatic N) is 1. The van der Waals surface area contributed by atoms with Crippen molar-refractivity contribution in [3.63, 3.8) is 0 Å². The van der Waals surface area contributed by atoms with Crippen molar-refractivity contribution in [3.8, 4) is 0 Å². The fourth-order valence-electron chi connectivity index (χ4n) is 2.25. The first kappa shape index (κ1) is 15.6. The minimum Gasteiger partial charge on any atom is -0.388 e. The highest BCUT2D eigenvalue weighted by atomic mass is 16.3. The van der Waals surface area contributed by atoms with Crippen LogP contribution in [0.25, 0.3) is 10.9 Å². The SMILES string of the molecule is Cc1cn(CC(=O)NCC(C)(O)C(C)C)c2ccccc12. The fourth-order valence-corrected chi connectivity index (χ4v) is 2.25. The summed E-state index contributed by atoms with van der Waals surface area (Å²) in [5, 5.41) is 14.1. The van der Waals surface area contributed by atoms with Gasteiger partial charge >= 0.3 is 0 Å². The molecule has 2 aromatic rings. The van der Waals surface area contributed by atoms with Crippen LogP contribution in [-0.4, -0.2) is 27.7 Å². The quantitative estimate of drug-likeness (QED) is 0.888. The molecule has 1 amide bonds. The number of para-hydroxylation sites is 1. The number of carbonyl (C=O) groups is 1. The van der Waals surface area contributed by atoms with Gasteiger partial charge in [0, 0.05) is 23.6 Å². The van der Waals surface area contributed by atoms with Gasteiger partial charge in [-0.05, 0) is 31.4 Å². The number of carbonyl (C=O) groups excluding carboxylic acids is 1. The van der Waals surface area contributed by atoms with E-state index in [1.165, 1.54) is 5.39 Å². The van der Waals surface area contributed by atoms with E-state index < -0.39 is 5.60 Å². The van der Waals surface area contributed by atoms with Gasteiger partial charge in [0.1, 0.15) is 6.54 Å². The molecule has 0 saturated heterocycles. The second-order valence-corrected chi connectivity index (χ2v) is 6.25. The maximum Gasteiger partial charge on any atom is 0.240 e. The summed E-state index contributed by atoms with van der Waals surface area (Å²) in [6, 6.07) is 8.04. The lowest BCUT2D eigenvalue weighted by molar-refractivity contribution is -0.123. The molecule has 4 nitrogen and oxygen atoms in total. The summed E-state index contributed by atoms with van der Waals surface area (Å²) in [7, 11) is 0. The second-order valence-electron chi connectivity index (χ2n) is 6.25. The van der Waals surface area contributed by atoms with E-state index in [9.17, 15) is 9.90 Å². The summed E-state index contributed by atoms with van der Waals surface area (Å²) in [5.74, 6) is 0.00382. The first-order chi connectivity index (χ1) is 9.81. The molecular weight excluding hydrogens is 264 g/mol. The molecule has 4 heteroatoms. The third kappa shape index (κ3) is 3.45. The van der Waals surface area contributed by atoms with E-state index in [0.29, 0.717) is 0 Å². The molecule has 0 aliphatic carbocycles. The van der Waals surface area contributed by atoms with E-state index in [-0.39, 0.29) is 24.9 Å². The van der Waals surface area contributed by atoms with Gasteiger partial charge < -0.3 is 15.0 Å². The number of fused-ring (bicyclic) bond motifs is 1. The number of amides is 1. The Hall–Kier alpha value is -1.81. The first-order valence-corrected chi connectivity index (χ1v) is 7.35. The van der Waals surface area contributed by atoms with Gasteiger partial charge in [0.2, 0.25) is 5.91 Å². The summed E-state index contributed by atoms with van der Waals surface area (Å²) in [6.07, 6.45) is 1.99. The summed E-state index contributed by atoms with van der Waals surface area (Å²) in [6.45, 7) is 8.20. The Morgan fingerprint density at radius 3 is 2.71 bits per heavy atom. The molecule has 2 rings (SSSR count). The molecule has 21 heavy (non-hydrogen) atoms. The Morgan fingerprint density at radius 1 is 1.38 bits per heavy atom. The molecule has 2 N–H and O–H groups in total. The van der Waals surface area contributed by atoms with Gasteiger partial charge in [-0.15, -0.1) is 0 Å². The Morgan fingerprint density at radius 2 is 2.05 bits per heavy atom. The number of aryl methyl sites for hydroxylation is 1. The van der Waals surface area contributed by atoms with E-state index in [2.05, 4.69) is 11.4 Å². The van der Waals surface area contributed by atoms with E-state index in [1.54, 1.807) is 6.92 Å². The van der Waals surface area contributed by atoms with Crippen molar-refractivity contribution in [3.05, 3.63) is 36.0 Å². The number of aliphatic hydroxyl groups is 1. The molecule has 1 unspecified atom stereocenters. The number of benzene rings is 1. The van der Waals surface area contributed by atoms with Gasteiger partial charge in [-0.1, -0.05) is 32.0 Å². The molecule has 114 valence electrons. The van der Waals surface area contributed by atoms with E-state index in [4.69, 9.17) is 0 Å². The van der Waals surface area contributed by atoms with Crippen LogP contribution in [0.1, 0.15) is 26.3 Å². The van der Waals surface area contributed by atoms with Crippen LogP contribution in [0.3, 0.4) is 0 Å². The van der Waals surface area contributed by atoms with Crippen LogP contribution < -0.4 is 5.32 Å². The molecule has 1 heterocycles. The fraction of sp³-hybridized carbons (Fsp3) is 0.471. The molecule has 1 atom stereocenters. The number of rotatable bonds is 5. The lowest BCUT2D eigenvalue weighted by atomic mass is 9.92. The predicted molar refractivity (Wildman–Crippen MR) is 85.1 cm³/mol. The van der Waals surface area contributed by atoms with Crippen LogP contribution in [0.4, 0.5) is 0 Å². The molecule has 0 aliphatic heterocycles. The molecule has 0 saturated carbocycles. The Labute approximate surface area is 125 Å². The van der Waals surface area contributed by atoms with Gasteiger partial charge in [0.05, 0.1) is 5.60 Å². The van der Waals surface area contributed by atoms with Crippen molar-refractivity contribution in [2.45, 2.75) is 39.8 Å². The highest BCUT2D eigenvalue weighted by Gasteiger charge is 2.25. The zero-order valence-electron chi connectivity index (χ0n) is 13.2. The Balaban J connectivity index is 2.06. The third-order valence-electron chi connectivity index (χ3n) is 4.19. The minimum atomic E-state index is -0.885. The summed E-state index contributed by atoms with van der Waals surface area (Å²) in [4.78, 5) is 12.1. The van der Waals surface area contributed by atoms with Gasteiger partial charge in [0.25, 0.3) is 0 Å². The number of aromatic nitrogens is 1. The van der Waals surface area contributed by atoms with Gasteiger partial charge in [-0.3, -0.25) is 4.79 Å². The summed E-state index contributed by atoms with van der Waals surface area (Å²) < 4.78 is 1.95. The average Bonchev–Trinajstić information content (AvgIpc) is 2.74. The largest absolute Gasteiger partial charge is 0.388 e. The van der Waals surface area contributed by atoms with E-state index in [1.807, 2.05) is 49.7 Å². The van der Waals surface area contributed by atoms with Crippen LogP contribution in [0.2, 0.25) is 0 Å². The minimum absolute atomic E-state index is 0.0864. The molecule has 0 radical (unpaired) electrons. The molecule has 0 spiro atoms. The first-order valence-electron chi connectivity index (χ1n) is 7.35. The van der Waals surface area contributed by atoms with Gasteiger partial charge in [0.15, 0.2) is 0 Å². The molecular formula is C17H24N2O2. The molecule has 0 bridgehead atoms. The van der Waals surface area contributed by atoms with Crippen molar-refractivity contribution in [1.29, 1.82) is 0 Å². The van der Waals surface area contributed by atoms with Gasteiger partial charge in [-0.25, -0.2) is 0 Å². The zero-order chi connectivity index (χ0) is 15.6. The number of hydrogen-bond acceptors (Lipinski definition) is 2. The maximum absolute atomic E-state index is 12.1. The smallest absolute Gasteiger partial charge is 0.240 e. The lowest BCUT2D eigenvalue weighted by Gasteiger charge is -2.27. The Bertz CT molecular complexity index is 641. The van der Waals surface area contributed by atoms with E-state index in [0.717, 1.165) is 11.1 Å². The molecule has 0 fully saturated rings. The topological polar surface area (TPSA) is 54.3 Å². The molecule has 1 aromatic carbocycles. The van der Waals surface area contributed by atoms with Crippen molar-refractivity contribution in [1.82, 2.24) is 9.88 Å². The average molecular weight is 288 g/mol. The van der Waals surface area contributed by atoms with Crippen molar-refractivity contribution < 1.29 is 9.90 Å². The summed E-state index contributed by atoms with van der Waals surface area (Å²) in [5.41, 5.74) is 1.33. The van der Waals surface area contributed by atoms with E-state index >= 15 is 0 Å². The lowest BCUT2D eigenvalue weighted by Crippen LogP contribution is -2.45. The standard InChI is InChI=1S/C17H24N2O2/c1-12(2)17(4,21)11-18-16(20)10-19-9-13(3)14-7-5-6-8-15(14)19/h5-9,12,21H,10-11H2,1-4H3,(H,18,20). The number of hydrogen-bond donors (Lipinski definition) is 2. The highest BCUT2D eigenvalue weighted by molar-refractivity contribution is 5.85. The third-order valence-corrected chi connectivity index (χ3v) is 4.19. The maximum atomic E-state index is 12.1. The van der Waals surface area contributed by atoms with Crippen molar-refractivity contribution >= 4 is 16.8 Å².